The Balaban J connectivity index is 1.81. The first-order valence-corrected chi connectivity index (χ1v) is 10.0. The van der Waals surface area contributed by atoms with Gasteiger partial charge in [-0.15, -0.1) is 0 Å². The summed E-state index contributed by atoms with van der Waals surface area (Å²) in [6, 6.07) is 10.9. The summed E-state index contributed by atoms with van der Waals surface area (Å²) in [5, 5.41) is 17.7. The minimum Gasteiger partial charge on any atom is -0.493 e. The molecule has 0 aliphatic heterocycles. The molecule has 0 saturated heterocycles. The van der Waals surface area contributed by atoms with Crippen LogP contribution < -0.4 is 9.47 Å². The number of rotatable bonds is 7. The van der Waals surface area contributed by atoms with Gasteiger partial charge in [-0.2, -0.15) is 10.2 Å². The zero-order valence-corrected chi connectivity index (χ0v) is 17.4. The van der Waals surface area contributed by atoms with E-state index < -0.39 is 11.9 Å². The van der Waals surface area contributed by atoms with Gasteiger partial charge in [0.1, 0.15) is 11.7 Å². The van der Waals surface area contributed by atoms with Crippen LogP contribution in [0.4, 0.5) is 0 Å². The van der Waals surface area contributed by atoms with Gasteiger partial charge in [0.2, 0.25) is 0 Å². The Kier molecular flexibility index (Phi) is 5.59. The van der Waals surface area contributed by atoms with Crippen LogP contribution in [0.15, 0.2) is 48.8 Å². The Morgan fingerprint density at radius 1 is 1.20 bits per heavy atom. The highest BCUT2D eigenvalue weighted by atomic mass is 35.5. The van der Waals surface area contributed by atoms with Crippen molar-refractivity contribution in [2.75, 3.05) is 7.11 Å². The molecule has 6 nitrogen and oxygen atoms in total. The molecule has 1 saturated carbocycles. The van der Waals surface area contributed by atoms with Gasteiger partial charge in [0.25, 0.3) is 0 Å². The zero-order chi connectivity index (χ0) is 21.3. The van der Waals surface area contributed by atoms with E-state index in [0.29, 0.717) is 28.5 Å². The highest BCUT2D eigenvalue weighted by molar-refractivity contribution is 6.32. The highest BCUT2D eigenvalue weighted by Gasteiger charge is 2.30. The SMILES string of the molecule is COc1cc(Cl)c(C(C(=O)O)c2ccnnc2)cc1Oc1c(C)cccc1C1CC1. The number of hydrogen-bond acceptors (Lipinski definition) is 5. The predicted octanol–water partition coefficient (Wildman–Crippen LogP) is 5.33. The number of ether oxygens (including phenoxy) is 2. The number of carbonyl (C=O) groups is 1. The third-order valence-electron chi connectivity index (χ3n) is 5.25. The highest BCUT2D eigenvalue weighted by Crippen LogP contribution is 2.48. The van der Waals surface area contributed by atoms with Crippen molar-refractivity contribution in [1.82, 2.24) is 10.2 Å². The summed E-state index contributed by atoms with van der Waals surface area (Å²) in [6.45, 7) is 1.99. The van der Waals surface area contributed by atoms with Crippen LogP contribution >= 0.6 is 11.6 Å². The number of carboxylic acids is 1. The van der Waals surface area contributed by atoms with Gasteiger partial charge in [0, 0.05) is 17.3 Å². The van der Waals surface area contributed by atoms with Crippen LogP contribution in [-0.4, -0.2) is 28.4 Å². The monoisotopic (exact) mass is 424 g/mol. The standard InChI is InChI=1S/C23H21ClN2O4/c1-13-4-3-5-16(14-6-7-14)22(13)30-20-10-17(18(24)11-19(20)29-2)21(23(27)28)15-8-9-25-26-12-15/h3-5,8-12,14,21H,6-7H2,1-2H3,(H,27,28). The van der Waals surface area contributed by atoms with E-state index in [-0.39, 0.29) is 5.02 Å². The van der Waals surface area contributed by atoms with Gasteiger partial charge in [0.15, 0.2) is 11.5 Å². The van der Waals surface area contributed by atoms with E-state index in [2.05, 4.69) is 16.3 Å². The number of benzene rings is 2. The van der Waals surface area contributed by atoms with Crippen LogP contribution in [0.2, 0.25) is 5.02 Å². The second-order valence-corrected chi connectivity index (χ2v) is 7.75. The smallest absolute Gasteiger partial charge is 0.315 e. The molecule has 154 valence electrons. The average molecular weight is 425 g/mol. The molecule has 1 aromatic heterocycles. The van der Waals surface area contributed by atoms with Crippen molar-refractivity contribution in [3.63, 3.8) is 0 Å². The van der Waals surface area contributed by atoms with E-state index in [0.717, 1.165) is 29.7 Å². The fraction of sp³-hybridized carbons (Fsp3) is 0.261. The lowest BCUT2D eigenvalue weighted by molar-refractivity contribution is -0.137. The number of methoxy groups -OCH3 is 1. The van der Waals surface area contributed by atoms with Crippen LogP contribution in [0.1, 0.15) is 46.9 Å². The minimum atomic E-state index is -1.05. The van der Waals surface area contributed by atoms with E-state index in [1.165, 1.54) is 19.5 Å². The Hall–Kier alpha value is -3.12. The molecule has 1 atom stereocenters. The Morgan fingerprint density at radius 2 is 2.00 bits per heavy atom. The molecule has 1 N–H and O–H groups in total. The van der Waals surface area contributed by atoms with Crippen LogP contribution in [0.25, 0.3) is 0 Å². The van der Waals surface area contributed by atoms with Crippen molar-refractivity contribution in [2.45, 2.75) is 31.6 Å². The molecule has 1 heterocycles. The van der Waals surface area contributed by atoms with Crippen molar-refractivity contribution in [3.8, 4) is 17.2 Å². The first-order valence-electron chi connectivity index (χ1n) is 9.63. The van der Waals surface area contributed by atoms with Gasteiger partial charge in [-0.3, -0.25) is 4.79 Å². The van der Waals surface area contributed by atoms with Gasteiger partial charge in [-0.1, -0.05) is 29.8 Å². The van der Waals surface area contributed by atoms with Crippen LogP contribution in [-0.2, 0) is 4.79 Å². The number of halogens is 1. The van der Waals surface area contributed by atoms with E-state index in [9.17, 15) is 9.90 Å². The molecule has 1 unspecified atom stereocenters. The van der Waals surface area contributed by atoms with E-state index in [1.807, 2.05) is 19.1 Å². The number of hydrogen-bond donors (Lipinski definition) is 1. The van der Waals surface area contributed by atoms with Crippen molar-refractivity contribution in [3.05, 3.63) is 76.1 Å². The molecular formula is C23H21ClN2O4. The molecule has 30 heavy (non-hydrogen) atoms. The number of nitrogens with zero attached hydrogens (tertiary/aromatic N) is 2. The second-order valence-electron chi connectivity index (χ2n) is 7.34. The molecule has 4 rings (SSSR count). The zero-order valence-electron chi connectivity index (χ0n) is 16.6. The molecule has 2 aromatic carbocycles. The number of para-hydroxylation sites is 1. The molecule has 7 heteroatoms. The molecule has 1 aliphatic carbocycles. The number of aliphatic carboxylic acids is 1. The molecule has 0 radical (unpaired) electrons. The Morgan fingerprint density at radius 3 is 2.63 bits per heavy atom. The fourth-order valence-corrected chi connectivity index (χ4v) is 3.84. The fourth-order valence-electron chi connectivity index (χ4n) is 3.58. The first kappa shape index (κ1) is 20.2. The van der Waals surface area contributed by atoms with Crippen LogP contribution in [0, 0.1) is 6.92 Å². The van der Waals surface area contributed by atoms with Crippen molar-refractivity contribution in [1.29, 1.82) is 0 Å². The van der Waals surface area contributed by atoms with E-state index >= 15 is 0 Å². The van der Waals surface area contributed by atoms with Gasteiger partial charge >= 0.3 is 5.97 Å². The minimum absolute atomic E-state index is 0.274. The average Bonchev–Trinajstić information content (AvgIpc) is 3.57. The summed E-state index contributed by atoms with van der Waals surface area (Å²) in [4.78, 5) is 12.1. The van der Waals surface area contributed by atoms with E-state index in [4.69, 9.17) is 21.1 Å². The maximum atomic E-state index is 12.1. The number of aromatic nitrogens is 2. The third-order valence-corrected chi connectivity index (χ3v) is 5.58. The van der Waals surface area contributed by atoms with Crippen molar-refractivity contribution >= 4 is 17.6 Å². The normalized spacial score (nSPS) is 14.2. The Labute approximate surface area is 179 Å². The van der Waals surface area contributed by atoms with Crippen LogP contribution in [0.5, 0.6) is 17.2 Å². The molecule has 0 spiro atoms. The summed E-state index contributed by atoms with van der Waals surface area (Å²) in [5.41, 5.74) is 3.03. The number of carboxylic acid groups (broad SMARTS) is 1. The van der Waals surface area contributed by atoms with Crippen molar-refractivity contribution < 1.29 is 19.4 Å². The van der Waals surface area contributed by atoms with Gasteiger partial charge in [0.05, 0.1) is 13.3 Å². The van der Waals surface area contributed by atoms with Crippen molar-refractivity contribution in [2.24, 2.45) is 0 Å². The summed E-state index contributed by atoms with van der Waals surface area (Å²) >= 11 is 6.46. The Bertz CT molecular complexity index is 1080. The summed E-state index contributed by atoms with van der Waals surface area (Å²) in [6.07, 6.45) is 5.15. The summed E-state index contributed by atoms with van der Waals surface area (Å²) in [7, 11) is 1.53. The van der Waals surface area contributed by atoms with Gasteiger partial charge < -0.3 is 14.6 Å². The maximum Gasteiger partial charge on any atom is 0.315 e. The van der Waals surface area contributed by atoms with Gasteiger partial charge in [-0.25, -0.2) is 0 Å². The molecular weight excluding hydrogens is 404 g/mol. The number of aryl methyl sites for hydroxylation is 1. The summed E-state index contributed by atoms with van der Waals surface area (Å²) < 4.78 is 11.8. The molecule has 0 bridgehead atoms. The molecule has 1 aliphatic rings. The topological polar surface area (TPSA) is 81.5 Å². The van der Waals surface area contributed by atoms with Gasteiger partial charge in [-0.05, 0) is 60.1 Å². The van der Waals surface area contributed by atoms with E-state index in [1.54, 1.807) is 18.2 Å². The quantitative estimate of drug-likeness (QED) is 0.551. The second kappa shape index (κ2) is 8.32. The first-order chi connectivity index (χ1) is 14.5. The lowest BCUT2D eigenvalue weighted by Gasteiger charge is -2.20. The largest absolute Gasteiger partial charge is 0.493 e. The summed E-state index contributed by atoms with van der Waals surface area (Å²) in [5.74, 6) is 0.0695. The lowest BCUT2D eigenvalue weighted by Crippen LogP contribution is -2.14. The van der Waals surface area contributed by atoms with Crippen LogP contribution in [0.3, 0.4) is 0 Å². The molecule has 3 aromatic rings. The molecule has 0 amide bonds. The maximum absolute atomic E-state index is 12.1. The lowest BCUT2D eigenvalue weighted by atomic mass is 9.92. The third kappa shape index (κ3) is 3.96. The molecule has 1 fully saturated rings. The predicted molar refractivity (Wildman–Crippen MR) is 113 cm³/mol.